The fourth-order valence-corrected chi connectivity index (χ4v) is 6.34. The second-order valence-electron chi connectivity index (χ2n) is 10.3. The monoisotopic (exact) mass is 444 g/mol. The molecule has 2 amide bonds. The minimum atomic E-state index is -0.560. The summed E-state index contributed by atoms with van der Waals surface area (Å²) in [5.74, 6) is -0.168. The molecule has 1 aromatic rings. The van der Waals surface area contributed by atoms with E-state index in [1.807, 2.05) is 44.3 Å². The number of methoxy groups -OCH3 is 1. The second kappa shape index (κ2) is 10.3. The quantitative estimate of drug-likeness (QED) is 0.677. The average molecular weight is 445 g/mol. The van der Waals surface area contributed by atoms with Crippen molar-refractivity contribution in [2.75, 3.05) is 20.8 Å². The van der Waals surface area contributed by atoms with Crippen molar-refractivity contribution < 1.29 is 19.4 Å². The Bertz CT molecular complexity index is 785. The van der Waals surface area contributed by atoms with Crippen LogP contribution in [0.25, 0.3) is 0 Å². The maximum Gasteiger partial charge on any atom is 0.246 e. The molecule has 0 heterocycles. The summed E-state index contributed by atoms with van der Waals surface area (Å²) in [4.78, 5) is 27.1. The number of carbonyl (C=O) groups excluding carboxylic acids is 2. The van der Waals surface area contributed by atoms with Gasteiger partial charge < -0.3 is 20.1 Å². The molecule has 0 radical (unpaired) electrons. The number of benzene rings is 1. The smallest absolute Gasteiger partial charge is 0.246 e. The summed E-state index contributed by atoms with van der Waals surface area (Å²) in [7, 11) is 3.36. The van der Waals surface area contributed by atoms with E-state index in [4.69, 9.17) is 4.74 Å². The number of amides is 2. The van der Waals surface area contributed by atoms with E-state index in [2.05, 4.69) is 19.2 Å². The summed E-state index contributed by atoms with van der Waals surface area (Å²) >= 11 is 0. The number of hydrogen-bond donors (Lipinski definition) is 2. The molecule has 2 aliphatic rings. The van der Waals surface area contributed by atoms with Gasteiger partial charge in [-0.15, -0.1) is 0 Å². The van der Waals surface area contributed by atoms with Crippen LogP contribution in [0, 0.1) is 29.1 Å². The Balaban J connectivity index is 1.70. The summed E-state index contributed by atoms with van der Waals surface area (Å²) in [6, 6.07) is 10.0. The number of ether oxygens (including phenoxy) is 1. The molecule has 0 bridgehead atoms. The Labute approximate surface area is 192 Å². The number of aliphatic hydroxyl groups is 1. The number of carbonyl (C=O) groups is 2. The minimum absolute atomic E-state index is 0.0240. The summed E-state index contributed by atoms with van der Waals surface area (Å²) in [5, 5.41) is 14.6. The summed E-state index contributed by atoms with van der Waals surface area (Å²) in [5.41, 5.74) is 1.14. The average Bonchev–Trinajstić information content (AvgIpc) is 2.76. The largest absolute Gasteiger partial charge is 0.392 e. The topological polar surface area (TPSA) is 78.9 Å². The number of aliphatic hydroxyl groups excluding tert-OH is 1. The molecule has 178 valence electrons. The third-order valence-electron chi connectivity index (χ3n) is 8.18. The molecule has 1 aromatic carbocycles. The van der Waals surface area contributed by atoms with E-state index in [-0.39, 0.29) is 53.5 Å². The van der Waals surface area contributed by atoms with Crippen LogP contribution in [-0.2, 0) is 20.9 Å². The van der Waals surface area contributed by atoms with Crippen molar-refractivity contribution in [3.8, 4) is 0 Å². The highest BCUT2D eigenvalue weighted by Crippen LogP contribution is 2.55. The molecule has 0 unspecified atom stereocenters. The molecule has 6 heteroatoms. The number of hydrogen-bond acceptors (Lipinski definition) is 4. The zero-order valence-corrected chi connectivity index (χ0v) is 20.2. The standard InChI is InChI=1S/C26H40N2O4/c1-17(25(31)28(4)15-19-9-7-6-8-10-19)20-11-13-26(3)14-12-21(27-22(29)16-32-5)18(2)23(26)24(20)30/h6-10,17-18,20-21,23-24,30H,11-16H2,1-5H3,(H,27,29)/t17-,18+,20-,21-,23+,24-,26-/m0/s1. The maximum atomic E-state index is 13.2. The van der Waals surface area contributed by atoms with Crippen LogP contribution in [0.4, 0.5) is 0 Å². The van der Waals surface area contributed by atoms with Gasteiger partial charge >= 0.3 is 0 Å². The van der Waals surface area contributed by atoms with Crippen molar-refractivity contribution in [1.82, 2.24) is 10.2 Å². The van der Waals surface area contributed by atoms with Gasteiger partial charge in [-0.25, -0.2) is 0 Å². The zero-order chi connectivity index (χ0) is 23.5. The lowest BCUT2D eigenvalue weighted by atomic mass is 9.51. The first-order valence-corrected chi connectivity index (χ1v) is 11.9. The Morgan fingerprint density at radius 3 is 2.56 bits per heavy atom. The third-order valence-corrected chi connectivity index (χ3v) is 8.18. The van der Waals surface area contributed by atoms with Gasteiger partial charge in [-0.3, -0.25) is 9.59 Å². The highest BCUT2D eigenvalue weighted by atomic mass is 16.5. The molecule has 0 spiro atoms. The first-order chi connectivity index (χ1) is 15.2. The molecule has 32 heavy (non-hydrogen) atoms. The lowest BCUT2D eigenvalue weighted by Crippen LogP contribution is -2.58. The van der Waals surface area contributed by atoms with Crippen molar-refractivity contribution in [1.29, 1.82) is 0 Å². The molecule has 2 fully saturated rings. The van der Waals surface area contributed by atoms with E-state index < -0.39 is 6.10 Å². The van der Waals surface area contributed by atoms with Gasteiger partial charge in [-0.2, -0.15) is 0 Å². The van der Waals surface area contributed by atoms with E-state index in [0.29, 0.717) is 6.54 Å². The Hall–Kier alpha value is -1.92. The molecular weight excluding hydrogens is 404 g/mol. The van der Waals surface area contributed by atoms with Crippen molar-refractivity contribution in [2.45, 2.75) is 65.1 Å². The number of nitrogens with one attached hydrogen (secondary N) is 1. The molecular formula is C26H40N2O4. The highest BCUT2D eigenvalue weighted by molar-refractivity contribution is 5.78. The predicted octanol–water partition coefficient (Wildman–Crippen LogP) is 3.24. The molecule has 2 aliphatic carbocycles. The minimum Gasteiger partial charge on any atom is -0.392 e. The van der Waals surface area contributed by atoms with Gasteiger partial charge in [-0.1, -0.05) is 51.1 Å². The molecule has 0 aliphatic heterocycles. The van der Waals surface area contributed by atoms with Crippen molar-refractivity contribution >= 4 is 11.8 Å². The van der Waals surface area contributed by atoms with Crippen molar-refractivity contribution in [3.63, 3.8) is 0 Å². The molecule has 2 N–H and O–H groups in total. The summed E-state index contributed by atoms with van der Waals surface area (Å²) in [6.45, 7) is 6.99. The van der Waals surface area contributed by atoms with Crippen LogP contribution in [0.3, 0.4) is 0 Å². The van der Waals surface area contributed by atoms with Gasteiger partial charge in [0.1, 0.15) is 6.61 Å². The first kappa shape index (κ1) is 24.7. The SMILES string of the molecule is COCC(=O)N[C@H]1CC[C@]2(C)CC[C@@H]([C@H](C)C(=O)N(C)Cc3ccccc3)[C@H](O)[C@H]2[C@@H]1C. The summed E-state index contributed by atoms with van der Waals surface area (Å²) in [6.07, 6.45) is 3.18. The van der Waals surface area contributed by atoms with Crippen LogP contribution in [-0.4, -0.2) is 54.7 Å². The van der Waals surface area contributed by atoms with E-state index in [1.165, 1.54) is 7.11 Å². The number of rotatable bonds is 7. The fraction of sp³-hybridized carbons (Fsp3) is 0.692. The van der Waals surface area contributed by atoms with E-state index in [0.717, 1.165) is 31.2 Å². The van der Waals surface area contributed by atoms with Gasteiger partial charge in [0.25, 0.3) is 0 Å². The van der Waals surface area contributed by atoms with Crippen LogP contribution in [0.2, 0.25) is 0 Å². The van der Waals surface area contributed by atoms with Crippen LogP contribution in [0.1, 0.15) is 52.0 Å². The molecule has 0 aromatic heterocycles. The summed E-state index contributed by atoms with van der Waals surface area (Å²) < 4.78 is 4.96. The van der Waals surface area contributed by atoms with Crippen LogP contribution in [0.15, 0.2) is 30.3 Å². The van der Waals surface area contributed by atoms with Crippen LogP contribution in [0.5, 0.6) is 0 Å². The van der Waals surface area contributed by atoms with Crippen LogP contribution < -0.4 is 5.32 Å². The van der Waals surface area contributed by atoms with Gasteiger partial charge in [0, 0.05) is 32.7 Å². The zero-order valence-electron chi connectivity index (χ0n) is 20.2. The van der Waals surface area contributed by atoms with Gasteiger partial charge in [0.05, 0.1) is 6.10 Å². The maximum absolute atomic E-state index is 13.2. The van der Waals surface area contributed by atoms with Crippen molar-refractivity contribution in [3.05, 3.63) is 35.9 Å². The fourth-order valence-electron chi connectivity index (χ4n) is 6.34. The van der Waals surface area contributed by atoms with Gasteiger partial charge in [0.2, 0.25) is 11.8 Å². The Kier molecular flexibility index (Phi) is 7.99. The normalized spacial score (nSPS) is 33.1. The molecule has 7 atom stereocenters. The predicted molar refractivity (Wildman–Crippen MR) is 125 cm³/mol. The first-order valence-electron chi connectivity index (χ1n) is 11.9. The highest BCUT2D eigenvalue weighted by Gasteiger charge is 2.54. The Morgan fingerprint density at radius 2 is 1.91 bits per heavy atom. The molecule has 3 rings (SSSR count). The van der Waals surface area contributed by atoms with Crippen molar-refractivity contribution in [2.24, 2.45) is 29.1 Å². The van der Waals surface area contributed by atoms with Gasteiger partial charge in [0.15, 0.2) is 0 Å². The lowest BCUT2D eigenvalue weighted by molar-refractivity contribution is -0.150. The van der Waals surface area contributed by atoms with E-state index >= 15 is 0 Å². The molecule has 6 nitrogen and oxygen atoms in total. The third kappa shape index (κ3) is 5.18. The van der Waals surface area contributed by atoms with E-state index in [9.17, 15) is 14.7 Å². The molecule has 0 saturated heterocycles. The van der Waals surface area contributed by atoms with Crippen LogP contribution >= 0.6 is 0 Å². The lowest BCUT2D eigenvalue weighted by Gasteiger charge is -2.56. The second-order valence-corrected chi connectivity index (χ2v) is 10.3. The Morgan fingerprint density at radius 1 is 1.25 bits per heavy atom. The van der Waals surface area contributed by atoms with Gasteiger partial charge in [-0.05, 0) is 54.4 Å². The number of nitrogens with zero attached hydrogens (tertiary/aromatic N) is 1. The molecule has 2 saturated carbocycles. The number of fused-ring (bicyclic) bond motifs is 1. The van der Waals surface area contributed by atoms with E-state index in [1.54, 1.807) is 4.90 Å².